The van der Waals surface area contributed by atoms with Crippen molar-refractivity contribution < 1.29 is 69.6 Å². The largest absolute Gasteiger partial charge is 0.480 e. The Kier molecular flexibility index (Phi) is 18.6. The quantitative estimate of drug-likeness (QED) is 0.163. The standard InChI is InChI=1S/C20H38N5O6.Gd/c21-5-3-1-2-4-6-22-7-9-23(15-18(26)27)11-13-25(17-20(30)31)14-12-24(10-8-22)16-19(28)29;/h7H,1-6,8-17,21H2,(H,26,27)(H,28,29)(H,30,31);/q-1;. The Balaban J connectivity index is 0.00000961. The van der Waals surface area contributed by atoms with Gasteiger partial charge in [-0.05, 0) is 32.5 Å². The molecule has 1 rings (SSSR count). The van der Waals surface area contributed by atoms with Gasteiger partial charge in [-0.1, -0.05) is 12.8 Å². The first-order valence-electron chi connectivity index (χ1n) is 10.9. The van der Waals surface area contributed by atoms with E-state index >= 15 is 0 Å². The van der Waals surface area contributed by atoms with Crippen molar-refractivity contribution in [2.75, 3.05) is 78.5 Å². The molecular formula is C20H38GdN5O6-. The molecule has 32 heavy (non-hydrogen) atoms. The molecule has 0 aromatic heterocycles. The fourth-order valence-electron chi connectivity index (χ4n) is 3.52. The molecule has 1 saturated heterocycles. The van der Waals surface area contributed by atoms with Crippen molar-refractivity contribution in [1.29, 1.82) is 0 Å². The fraction of sp³-hybridized carbons (Fsp3) is 0.800. The van der Waals surface area contributed by atoms with Crippen LogP contribution < -0.4 is 5.73 Å². The summed E-state index contributed by atoms with van der Waals surface area (Å²) in [6.45, 7) is 6.35. The summed E-state index contributed by atoms with van der Waals surface area (Å²) in [5, 5.41) is 27.6. The molecule has 0 saturated carbocycles. The van der Waals surface area contributed by atoms with E-state index in [1.165, 1.54) is 0 Å². The normalized spacial score (nSPS) is 18.3. The summed E-state index contributed by atoms with van der Waals surface area (Å²) >= 11 is 0. The Bertz CT molecular complexity index is 525. The van der Waals surface area contributed by atoms with E-state index in [1.54, 1.807) is 9.80 Å². The SMILES string of the molecule is NCCCCCCN1[CH-]CN(CC(=O)O)CCN(CC(=O)O)CCN(CC(=O)O)CC1.[Gd]. The molecule has 5 N–H and O–H groups in total. The zero-order chi connectivity index (χ0) is 23.1. The van der Waals surface area contributed by atoms with Crippen LogP contribution in [0.2, 0.25) is 0 Å². The Morgan fingerprint density at radius 2 is 1.12 bits per heavy atom. The molecule has 0 aromatic rings. The first kappa shape index (κ1) is 31.5. The van der Waals surface area contributed by atoms with Gasteiger partial charge < -0.3 is 30.9 Å². The maximum Gasteiger partial charge on any atom is 0.317 e. The number of carboxylic acids is 3. The third-order valence-corrected chi connectivity index (χ3v) is 5.24. The van der Waals surface area contributed by atoms with Gasteiger partial charge in [-0.3, -0.25) is 30.7 Å². The number of unbranched alkanes of at least 4 members (excludes halogenated alkanes) is 3. The van der Waals surface area contributed by atoms with E-state index in [0.717, 1.165) is 32.2 Å². The number of nitrogens with zero attached hydrogens (tertiary/aromatic N) is 4. The van der Waals surface area contributed by atoms with Crippen LogP contribution in [0.3, 0.4) is 0 Å². The number of hydrogen-bond donors (Lipinski definition) is 4. The van der Waals surface area contributed by atoms with Gasteiger partial charge in [-0.2, -0.15) is 0 Å². The number of aliphatic carboxylic acids is 3. The second-order valence-corrected chi connectivity index (χ2v) is 7.89. The van der Waals surface area contributed by atoms with Crippen molar-refractivity contribution in [3.63, 3.8) is 0 Å². The van der Waals surface area contributed by atoms with E-state index in [-0.39, 0.29) is 59.6 Å². The third-order valence-electron chi connectivity index (χ3n) is 5.24. The van der Waals surface area contributed by atoms with Crippen molar-refractivity contribution in [2.24, 2.45) is 5.73 Å². The number of carboxylic acid groups (broad SMARTS) is 3. The molecule has 0 amide bonds. The van der Waals surface area contributed by atoms with Gasteiger partial charge in [0.05, 0.1) is 19.6 Å². The molecule has 0 spiro atoms. The average molecular weight is 602 g/mol. The summed E-state index contributed by atoms with van der Waals surface area (Å²) in [6, 6.07) is 0. The number of hydrogen-bond acceptors (Lipinski definition) is 8. The van der Waals surface area contributed by atoms with E-state index in [2.05, 4.69) is 4.90 Å². The van der Waals surface area contributed by atoms with Gasteiger partial charge in [-0.25, -0.2) is 0 Å². The summed E-state index contributed by atoms with van der Waals surface area (Å²) in [5.41, 5.74) is 5.54. The minimum absolute atomic E-state index is 0. The first-order valence-corrected chi connectivity index (χ1v) is 10.9. The van der Waals surface area contributed by atoms with Gasteiger partial charge in [0.2, 0.25) is 0 Å². The molecule has 188 valence electrons. The van der Waals surface area contributed by atoms with Crippen LogP contribution in [0.1, 0.15) is 25.7 Å². The average Bonchev–Trinajstić information content (AvgIpc) is 2.68. The first-order chi connectivity index (χ1) is 14.8. The fourth-order valence-corrected chi connectivity index (χ4v) is 3.52. The molecule has 11 nitrogen and oxygen atoms in total. The van der Waals surface area contributed by atoms with Gasteiger partial charge in [0, 0.05) is 72.7 Å². The van der Waals surface area contributed by atoms with Crippen molar-refractivity contribution in [3.8, 4) is 0 Å². The number of nitrogens with two attached hydrogens (primary N) is 1. The zero-order valence-electron chi connectivity index (χ0n) is 18.7. The molecule has 0 aliphatic carbocycles. The smallest absolute Gasteiger partial charge is 0.317 e. The van der Waals surface area contributed by atoms with Gasteiger partial charge in [0.1, 0.15) is 0 Å². The molecule has 0 unspecified atom stereocenters. The molecular weight excluding hydrogens is 563 g/mol. The molecule has 0 aromatic carbocycles. The van der Waals surface area contributed by atoms with Crippen LogP contribution >= 0.6 is 0 Å². The molecule has 1 fully saturated rings. The van der Waals surface area contributed by atoms with Gasteiger partial charge in [0.15, 0.2) is 0 Å². The summed E-state index contributed by atoms with van der Waals surface area (Å²) in [7, 11) is 0. The predicted octanol–water partition coefficient (Wildman–Crippen LogP) is -0.857. The molecule has 0 atom stereocenters. The van der Waals surface area contributed by atoms with E-state index in [9.17, 15) is 29.7 Å². The van der Waals surface area contributed by atoms with E-state index in [0.29, 0.717) is 52.4 Å². The summed E-state index contributed by atoms with van der Waals surface area (Å²) < 4.78 is 0. The maximum atomic E-state index is 11.3. The Morgan fingerprint density at radius 3 is 1.62 bits per heavy atom. The van der Waals surface area contributed by atoms with E-state index < -0.39 is 17.9 Å². The van der Waals surface area contributed by atoms with Crippen LogP contribution in [-0.4, -0.2) is 131 Å². The molecule has 0 radical (unpaired) electrons. The topological polar surface area (TPSA) is 151 Å². The summed E-state index contributed by atoms with van der Waals surface area (Å²) in [5.74, 6) is -2.80. The minimum Gasteiger partial charge on any atom is -0.480 e. The summed E-state index contributed by atoms with van der Waals surface area (Å²) in [6.07, 6.45) is 4.11. The van der Waals surface area contributed by atoms with Crippen LogP contribution in [-0.2, 0) is 14.4 Å². The predicted molar refractivity (Wildman–Crippen MR) is 116 cm³/mol. The molecule has 1 heterocycles. The van der Waals surface area contributed by atoms with Crippen LogP contribution in [0.4, 0.5) is 0 Å². The third kappa shape index (κ3) is 16.2. The number of carbonyl (C=O) groups is 3. The van der Waals surface area contributed by atoms with Crippen LogP contribution in [0, 0.1) is 46.5 Å². The maximum absolute atomic E-state index is 11.3. The molecule has 0 bridgehead atoms. The summed E-state index contributed by atoms with van der Waals surface area (Å²) in [4.78, 5) is 41.2. The molecule has 12 heteroatoms. The molecule has 1 aliphatic heterocycles. The monoisotopic (exact) mass is 602 g/mol. The minimum atomic E-state index is -0.964. The van der Waals surface area contributed by atoms with Gasteiger partial charge in [0.25, 0.3) is 0 Å². The van der Waals surface area contributed by atoms with Crippen LogP contribution in [0.15, 0.2) is 0 Å². The van der Waals surface area contributed by atoms with Crippen LogP contribution in [0.5, 0.6) is 0 Å². The second-order valence-electron chi connectivity index (χ2n) is 7.89. The number of rotatable bonds is 12. The Hall–Kier alpha value is -0.465. The van der Waals surface area contributed by atoms with Crippen molar-refractivity contribution >= 4 is 17.9 Å². The second kappa shape index (κ2) is 18.9. The van der Waals surface area contributed by atoms with Crippen LogP contribution in [0.25, 0.3) is 0 Å². The molecule has 1 aliphatic rings. The van der Waals surface area contributed by atoms with Crippen molar-refractivity contribution in [3.05, 3.63) is 6.54 Å². The van der Waals surface area contributed by atoms with Crippen molar-refractivity contribution in [1.82, 2.24) is 19.6 Å². The van der Waals surface area contributed by atoms with E-state index in [4.69, 9.17) is 5.73 Å². The van der Waals surface area contributed by atoms with Crippen molar-refractivity contribution in [2.45, 2.75) is 25.7 Å². The van der Waals surface area contributed by atoms with Gasteiger partial charge in [-0.15, -0.1) is 6.54 Å². The van der Waals surface area contributed by atoms with Gasteiger partial charge >= 0.3 is 17.9 Å². The zero-order valence-corrected chi connectivity index (χ0v) is 20.9. The van der Waals surface area contributed by atoms with E-state index in [1.807, 2.05) is 11.4 Å². The Morgan fingerprint density at radius 1 is 0.688 bits per heavy atom. The Labute approximate surface area is 222 Å².